The van der Waals surface area contributed by atoms with Gasteiger partial charge in [-0.1, -0.05) is 12.1 Å². The number of thioether (sulfide) groups is 1. The molecular weight excluding hydrogens is 358 g/mol. The standard InChI is InChI=1S/C20H33N5OS/c1-5-21-19(23-15-20(2)10-7-11-27-20)22-13-16-8-6-9-17(12-16)24-18(26)14-25(3)4/h6,8-9,12H,5,7,10-11,13-15H2,1-4H3,(H,24,26)(H2,21,22,23). The van der Waals surface area contributed by atoms with E-state index in [0.29, 0.717) is 17.8 Å². The fourth-order valence-corrected chi connectivity index (χ4v) is 4.24. The predicted octanol–water partition coefficient (Wildman–Crippen LogP) is 2.53. The molecule has 0 radical (unpaired) electrons. The van der Waals surface area contributed by atoms with Gasteiger partial charge in [-0.2, -0.15) is 11.8 Å². The van der Waals surface area contributed by atoms with Crippen LogP contribution in [0.2, 0.25) is 0 Å². The molecule has 1 fully saturated rings. The number of aliphatic imine (C=N–C) groups is 1. The van der Waals surface area contributed by atoms with Gasteiger partial charge in [-0.3, -0.25) is 4.79 Å². The van der Waals surface area contributed by atoms with Crippen molar-refractivity contribution in [3.8, 4) is 0 Å². The molecule has 0 aliphatic carbocycles. The molecule has 1 aliphatic heterocycles. The maximum Gasteiger partial charge on any atom is 0.238 e. The van der Waals surface area contributed by atoms with Crippen molar-refractivity contribution in [2.24, 2.45) is 4.99 Å². The number of anilines is 1. The Kier molecular flexibility index (Phi) is 8.44. The second-order valence-corrected chi connectivity index (χ2v) is 9.12. The zero-order valence-corrected chi connectivity index (χ0v) is 17.8. The van der Waals surface area contributed by atoms with Crippen LogP contribution in [0, 0.1) is 0 Å². The summed E-state index contributed by atoms with van der Waals surface area (Å²) in [4.78, 5) is 18.5. The van der Waals surface area contributed by atoms with Crippen molar-refractivity contribution in [3.05, 3.63) is 29.8 Å². The first-order valence-corrected chi connectivity index (χ1v) is 10.6. The molecule has 1 amide bonds. The number of hydrogen-bond donors (Lipinski definition) is 3. The zero-order valence-electron chi connectivity index (χ0n) is 17.0. The van der Waals surface area contributed by atoms with Crippen LogP contribution in [0.3, 0.4) is 0 Å². The summed E-state index contributed by atoms with van der Waals surface area (Å²) in [5.74, 6) is 2.07. The van der Waals surface area contributed by atoms with Crippen molar-refractivity contribution >= 4 is 29.3 Å². The van der Waals surface area contributed by atoms with E-state index in [-0.39, 0.29) is 5.91 Å². The highest BCUT2D eigenvalue weighted by molar-refractivity contribution is 8.00. The van der Waals surface area contributed by atoms with Crippen LogP contribution in [-0.2, 0) is 11.3 Å². The highest BCUT2D eigenvalue weighted by Crippen LogP contribution is 2.36. The van der Waals surface area contributed by atoms with E-state index in [1.165, 1.54) is 18.6 Å². The van der Waals surface area contributed by atoms with E-state index in [1.807, 2.05) is 55.0 Å². The maximum absolute atomic E-state index is 11.9. The number of carbonyl (C=O) groups excluding carboxylic acids is 1. The quantitative estimate of drug-likeness (QED) is 0.469. The summed E-state index contributed by atoms with van der Waals surface area (Å²) in [7, 11) is 3.76. The molecule has 27 heavy (non-hydrogen) atoms. The molecule has 6 nitrogen and oxygen atoms in total. The number of carbonyl (C=O) groups is 1. The Bertz CT molecular complexity index is 641. The number of hydrogen-bond acceptors (Lipinski definition) is 4. The molecule has 0 saturated carbocycles. The normalized spacial score (nSPS) is 20.0. The second kappa shape index (κ2) is 10.6. The van der Waals surface area contributed by atoms with E-state index in [4.69, 9.17) is 4.99 Å². The molecule has 1 unspecified atom stereocenters. The Hall–Kier alpha value is -1.73. The van der Waals surface area contributed by atoms with Gasteiger partial charge in [-0.25, -0.2) is 4.99 Å². The molecule has 150 valence electrons. The van der Waals surface area contributed by atoms with E-state index >= 15 is 0 Å². The van der Waals surface area contributed by atoms with Crippen LogP contribution in [0.1, 0.15) is 32.3 Å². The van der Waals surface area contributed by atoms with Gasteiger partial charge in [0.2, 0.25) is 5.91 Å². The molecule has 1 saturated heterocycles. The van der Waals surface area contributed by atoms with E-state index in [1.54, 1.807) is 0 Å². The average molecular weight is 392 g/mol. The van der Waals surface area contributed by atoms with Gasteiger partial charge in [-0.15, -0.1) is 0 Å². The van der Waals surface area contributed by atoms with Crippen molar-refractivity contribution in [2.75, 3.05) is 44.8 Å². The summed E-state index contributed by atoms with van der Waals surface area (Å²) in [6.07, 6.45) is 2.54. The molecule has 2 rings (SSSR count). The summed E-state index contributed by atoms with van der Waals surface area (Å²) >= 11 is 2.04. The minimum Gasteiger partial charge on any atom is -0.357 e. The van der Waals surface area contributed by atoms with Gasteiger partial charge < -0.3 is 20.9 Å². The summed E-state index contributed by atoms with van der Waals surface area (Å²) < 4.78 is 0.298. The van der Waals surface area contributed by atoms with Crippen LogP contribution in [0.15, 0.2) is 29.3 Å². The SMILES string of the molecule is CCNC(=NCc1cccc(NC(=O)CN(C)C)c1)NCC1(C)CCCS1. The number of benzene rings is 1. The van der Waals surface area contributed by atoms with E-state index < -0.39 is 0 Å². The second-order valence-electron chi connectivity index (χ2n) is 7.44. The number of nitrogens with zero attached hydrogens (tertiary/aromatic N) is 2. The molecule has 7 heteroatoms. The van der Waals surface area contributed by atoms with Crippen LogP contribution in [0.5, 0.6) is 0 Å². The molecule has 1 aromatic rings. The van der Waals surface area contributed by atoms with Crippen molar-refractivity contribution in [1.29, 1.82) is 0 Å². The molecule has 3 N–H and O–H groups in total. The molecule has 1 heterocycles. The van der Waals surface area contributed by atoms with Crippen molar-refractivity contribution in [1.82, 2.24) is 15.5 Å². The fourth-order valence-electron chi connectivity index (χ4n) is 2.99. The third-order valence-electron chi connectivity index (χ3n) is 4.36. The minimum atomic E-state index is -0.0158. The molecule has 0 aromatic heterocycles. The Balaban J connectivity index is 1.94. The number of amides is 1. The summed E-state index contributed by atoms with van der Waals surface area (Å²) in [5, 5.41) is 9.73. The van der Waals surface area contributed by atoms with Gasteiger partial charge in [0, 0.05) is 23.5 Å². The third kappa shape index (κ3) is 7.81. The Morgan fingerprint density at radius 2 is 2.15 bits per heavy atom. The van der Waals surface area contributed by atoms with Gasteiger partial charge in [0.25, 0.3) is 0 Å². The Labute approximate surface area is 167 Å². The lowest BCUT2D eigenvalue weighted by Gasteiger charge is -2.24. The lowest BCUT2D eigenvalue weighted by molar-refractivity contribution is -0.116. The smallest absolute Gasteiger partial charge is 0.238 e. The minimum absolute atomic E-state index is 0.0158. The van der Waals surface area contributed by atoms with E-state index in [0.717, 1.165) is 30.3 Å². The lowest BCUT2D eigenvalue weighted by atomic mass is 10.1. The number of nitrogens with one attached hydrogen (secondary N) is 3. The molecular formula is C20H33N5OS. The summed E-state index contributed by atoms with van der Waals surface area (Å²) in [5.41, 5.74) is 1.87. The number of guanidine groups is 1. The van der Waals surface area contributed by atoms with Crippen LogP contribution >= 0.6 is 11.8 Å². The number of rotatable bonds is 8. The van der Waals surface area contributed by atoms with E-state index in [2.05, 4.69) is 29.8 Å². The monoisotopic (exact) mass is 391 g/mol. The first kappa shape index (κ1) is 21.6. The first-order chi connectivity index (χ1) is 12.9. The van der Waals surface area contributed by atoms with Crippen LogP contribution < -0.4 is 16.0 Å². The maximum atomic E-state index is 11.9. The number of likely N-dealkylation sites (N-methyl/N-ethyl adjacent to an activating group) is 1. The first-order valence-electron chi connectivity index (χ1n) is 9.60. The van der Waals surface area contributed by atoms with E-state index in [9.17, 15) is 4.79 Å². The van der Waals surface area contributed by atoms with Crippen molar-refractivity contribution < 1.29 is 4.79 Å². The van der Waals surface area contributed by atoms with Crippen LogP contribution in [0.25, 0.3) is 0 Å². The molecule has 1 aromatic carbocycles. The third-order valence-corrected chi connectivity index (χ3v) is 5.90. The zero-order chi connectivity index (χ0) is 19.7. The summed E-state index contributed by atoms with van der Waals surface area (Å²) in [6.45, 7) is 7.08. The fraction of sp³-hybridized carbons (Fsp3) is 0.600. The molecule has 0 bridgehead atoms. The average Bonchev–Trinajstić information content (AvgIpc) is 3.04. The van der Waals surface area contributed by atoms with Gasteiger partial charge in [0.1, 0.15) is 0 Å². The molecule has 0 spiro atoms. The largest absolute Gasteiger partial charge is 0.357 e. The predicted molar refractivity (Wildman–Crippen MR) is 117 cm³/mol. The van der Waals surface area contributed by atoms with Gasteiger partial charge in [0.05, 0.1) is 13.1 Å². The summed E-state index contributed by atoms with van der Waals surface area (Å²) in [6, 6.07) is 7.87. The van der Waals surface area contributed by atoms with Gasteiger partial charge >= 0.3 is 0 Å². The Morgan fingerprint density at radius 1 is 1.33 bits per heavy atom. The van der Waals surface area contributed by atoms with Crippen LogP contribution in [-0.4, -0.2) is 61.0 Å². The molecule has 1 aliphatic rings. The lowest BCUT2D eigenvalue weighted by Crippen LogP contribution is -2.43. The topological polar surface area (TPSA) is 68.8 Å². The van der Waals surface area contributed by atoms with Crippen molar-refractivity contribution in [3.63, 3.8) is 0 Å². The highest BCUT2D eigenvalue weighted by atomic mass is 32.2. The van der Waals surface area contributed by atoms with Gasteiger partial charge in [-0.05, 0) is 64.2 Å². The van der Waals surface area contributed by atoms with Gasteiger partial charge in [0.15, 0.2) is 5.96 Å². The highest BCUT2D eigenvalue weighted by Gasteiger charge is 2.29. The molecule has 1 atom stereocenters. The Morgan fingerprint density at radius 3 is 2.81 bits per heavy atom. The van der Waals surface area contributed by atoms with Crippen molar-refractivity contribution in [2.45, 2.75) is 38.0 Å². The van der Waals surface area contributed by atoms with Crippen LogP contribution in [0.4, 0.5) is 5.69 Å².